The molecule has 1 saturated carbocycles. The summed E-state index contributed by atoms with van der Waals surface area (Å²) in [4.78, 5) is 21.8. The number of aromatic nitrogens is 1. The van der Waals surface area contributed by atoms with Gasteiger partial charge < -0.3 is 15.2 Å². The number of amides is 1. The van der Waals surface area contributed by atoms with Gasteiger partial charge in [0.15, 0.2) is 0 Å². The van der Waals surface area contributed by atoms with Crippen LogP contribution in [-0.2, 0) is 16.0 Å². The fourth-order valence-corrected chi connectivity index (χ4v) is 8.14. The van der Waals surface area contributed by atoms with E-state index in [4.69, 9.17) is 9.72 Å². The first-order valence-electron chi connectivity index (χ1n) is 13.2. The minimum Gasteiger partial charge on any atom is -0.392 e. The lowest BCUT2D eigenvalue weighted by Crippen LogP contribution is -2.53. The number of carbonyl (C=O) groups is 1. The Morgan fingerprint density at radius 2 is 2.06 bits per heavy atom. The van der Waals surface area contributed by atoms with Crippen LogP contribution in [0.4, 0.5) is 0 Å². The van der Waals surface area contributed by atoms with Crippen molar-refractivity contribution in [2.75, 3.05) is 39.4 Å². The van der Waals surface area contributed by atoms with Gasteiger partial charge in [0.25, 0.3) is 0 Å². The predicted molar refractivity (Wildman–Crippen MR) is 139 cm³/mol. The lowest BCUT2D eigenvalue weighted by atomic mass is 9.53. The molecule has 5 rings (SSSR count). The van der Waals surface area contributed by atoms with Gasteiger partial charge in [0.1, 0.15) is 5.01 Å². The molecule has 0 unspecified atom stereocenters. The molecule has 1 saturated heterocycles. The quantitative estimate of drug-likeness (QED) is 0.632. The Hall–Kier alpha value is -1.80. The van der Waals surface area contributed by atoms with E-state index in [-0.39, 0.29) is 35.0 Å². The first-order valence-corrected chi connectivity index (χ1v) is 14.0. The van der Waals surface area contributed by atoms with E-state index >= 15 is 0 Å². The van der Waals surface area contributed by atoms with Crippen molar-refractivity contribution in [3.63, 3.8) is 0 Å². The van der Waals surface area contributed by atoms with Crippen molar-refractivity contribution in [3.05, 3.63) is 40.9 Å². The van der Waals surface area contributed by atoms with Gasteiger partial charge in [0, 0.05) is 48.5 Å². The van der Waals surface area contributed by atoms with E-state index < -0.39 is 6.10 Å². The number of fused-ring (bicyclic) bond motifs is 2. The minimum absolute atomic E-state index is 0.0207. The molecule has 0 radical (unpaired) electrons. The minimum atomic E-state index is -0.501. The summed E-state index contributed by atoms with van der Waals surface area (Å²) in [5.74, 6) is 0.126. The molecule has 1 amide bonds. The Morgan fingerprint density at radius 3 is 2.80 bits per heavy atom. The van der Waals surface area contributed by atoms with Crippen LogP contribution in [0.3, 0.4) is 0 Å². The monoisotopic (exact) mass is 497 g/mol. The van der Waals surface area contributed by atoms with Crippen LogP contribution in [0.25, 0.3) is 10.6 Å². The normalized spacial score (nSPS) is 31.9. The number of carbonyl (C=O) groups excluding carboxylic acids is 1. The van der Waals surface area contributed by atoms with Gasteiger partial charge in [-0.3, -0.25) is 9.69 Å². The molecule has 190 valence electrons. The van der Waals surface area contributed by atoms with E-state index in [1.807, 2.05) is 24.3 Å². The lowest BCUT2D eigenvalue weighted by molar-refractivity contribution is -0.134. The number of ether oxygens (including phenoxy) is 1. The van der Waals surface area contributed by atoms with Crippen LogP contribution in [0.15, 0.2) is 30.3 Å². The molecule has 2 N–H and O–H groups in total. The third-order valence-electron chi connectivity index (χ3n) is 8.83. The summed E-state index contributed by atoms with van der Waals surface area (Å²) in [6.45, 7) is 11.5. The van der Waals surface area contributed by atoms with Crippen molar-refractivity contribution in [3.8, 4) is 10.6 Å². The van der Waals surface area contributed by atoms with Crippen LogP contribution in [-0.4, -0.2) is 66.4 Å². The first-order chi connectivity index (χ1) is 16.9. The maximum atomic E-state index is 13.0. The van der Waals surface area contributed by atoms with E-state index in [2.05, 4.69) is 48.3 Å². The fourth-order valence-electron chi connectivity index (χ4n) is 6.77. The molecule has 6 atom stereocenters. The molecule has 1 aromatic carbocycles. The molecule has 2 aromatic rings. The van der Waals surface area contributed by atoms with Gasteiger partial charge in [-0.1, -0.05) is 51.1 Å². The number of rotatable bonds is 6. The Labute approximate surface area is 213 Å². The van der Waals surface area contributed by atoms with E-state index in [1.54, 1.807) is 0 Å². The van der Waals surface area contributed by atoms with E-state index in [9.17, 15) is 9.90 Å². The third-order valence-corrected chi connectivity index (χ3v) is 9.95. The highest BCUT2D eigenvalue weighted by Crippen LogP contribution is 2.57. The predicted octanol–water partition coefficient (Wildman–Crippen LogP) is 3.95. The summed E-state index contributed by atoms with van der Waals surface area (Å²) in [7, 11) is 0. The summed E-state index contributed by atoms with van der Waals surface area (Å²) in [5.41, 5.74) is 2.35. The van der Waals surface area contributed by atoms with Gasteiger partial charge in [-0.05, 0) is 36.5 Å². The average molecular weight is 498 g/mol. The van der Waals surface area contributed by atoms with Crippen LogP contribution in [0, 0.1) is 23.2 Å². The number of morpholine rings is 1. The van der Waals surface area contributed by atoms with E-state index in [0.29, 0.717) is 6.54 Å². The van der Waals surface area contributed by atoms with Crippen molar-refractivity contribution in [2.45, 2.75) is 52.1 Å². The number of hydrogen-bond acceptors (Lipinski definition) is 6. The Bertz CT molecular complexity index is 1020. The van der Waals surface area contributed by atoms with Crippen molar-refractivity contribution in [1.29, 1.82) is 0 Å². The summed E-state index contributed by atoms with van der Waals surface area (Å²) in [6.07, 6.45) is 2.39. The maximum absolute atomic E-state index is 13.0. The number of aliphatic hydroxyl groups excluding tert-OH is 1. The van der Waals surface area contributed by atoms with Gasteiger partial charge in [-0.25, -0.2) is 4.98 Å². The van der Waals surface area contributed by atoms with E-state index in [0.717, 1.165) is 68.4 Å². The second-order valence-corrected chi connectivity index (χ2v) is 12.1. The standard InChI is InChI=1S/C28H39N3O3S/c1-18(26(33)29-11-12-31-13-15-34-16-14-31)21-9-10-28(3)17-22-24(19(2)23(28)25(21)32)30-27(35-22)20-7-5-4-6-8-20/h4-8,18-19,21,23,25,32H,9-17H2,1-3H3,(H,29,33)/t18-,19+,21+,23+,25-,28+/m0/s1. The number of hydrogen-bond donors (Lipinski definition) is 2. The molecule has 2 aliphatic carbocycles. The number of thiazole rings is 1. The highest BCUT2D eigenvalue weighted by atomic mass is 32.1. The van der Waals surface area contributed by atoms with Crippen LogP contribution in [0.5, 0.6) is 0 Å². The maximum Gasteiger partial charge on any atom is 0.223 e. The molecule has 1 aromatic heterocycles. The average Bonchev–Trinajstić information content (AvgIpc) is 3.29. The first kappa shape index (κ1) is 24.9. The van der Waals surface area contributed by atoms with Crippen molar-refractivity contribution < 1.29 is 14.6 Å². The molecule has 0 bridgehead atoms. The topological polar surface area (TPSA) is 74.7 Å². The van der Waals surface area contributed by atoms with Gasteiger partial charge >= 0.3 is 0 Å². The molecule has 2 fully saturated rings. The molecule has 6 nitrogen and oxygen atoms in total. The zero-order valence-corrected chi connectivity index (χ0v) is 22.0. The number of aliphatic hydroxyl groups is 1. The molecular formula is C28H39N3O3S. The molecule has 3 aliphatic rings. The molecule has 7 heteroatoms. The molecule has 0 spiro atoms. The Balaban J connectivity index is 1.27. The second kappa shape index (κ2) is 10.3. The highest BCUT2D eigenvalue weighted by molar-refractivity contribution is 7.15. The zero-order chi connectivity index (χ0) is 24.6. The molecule has 1 aliphatic heterocycles. The van der Waals surface area contributed by atoms with Crippen LogP contribution in [0.2, 0.25) is 0 Å². The Kier molecular flexibility index (Phi) is 7.31. The van der Waals surface area contributed by atoms with Gasteiger partial charge in [0.05, 0.1) is 25.0 Å². The number of nitrogens with one attached hydrogen (secondary N) is 1. The Morgan fingerprint density at radius 1 is 1.31 bits per heavy atom. The molecular weight excluding hydrogens is 458 g/mol. The highest BCUT2D eigenvalue weighted by Gasteiger charge is 2.53. The summed E-state index contributed by atoms with van der Waals surface area (Å²) in [6, 6.07) is 10.4. The third kappa shape index (κ3) is 4.93. The smallest absolute Gasteiger partial charge is 0.223 e. The fraction of sp³-hybridized carbons (Fsp3) is 0.643. The van der Waals surface area contributed by atoms with Crippen LogP contribution < -0.4 is 5.32 Å². The van der Waals surface area contributed by atoms with Crippen molar-refractivity contribution in [2.24, 2.45) is 23.2 Å². The number of benzene rings is 1. The molecule has 35 heavy (non-hydrogen) atoms. The SMILES string of the molecule is C[C@H](C(=O)NCCN1CCOCC1)[C@H]1CC[C@]2(C)Cc3sc(-c4ccccc4)nc3[C@H](C)[C@@H]2[C@H]1O. The summed E-state index contributed by atoms with van der Waals surface area (Å²) >= 11 is 1.81. The van der Waals surface area contributed by atoms with Crippen molar-refractivity contribution >= 4 is 17.2 Å². The van der Waals surface area contributed by atoms with Crippen molar-refractivity contribution in [1.82, 2.24) is 15.2 Å². The van der Waals surface area contributed by atoms with Gasteiger partial charge in [-0.15, -0.1) is 11.3 Å². The summed E-state index contributed by atoms with van der Waals surface area (Å²) in [5, 5.41) is 15.9. The van der Waals surface area contributed by atoms with Gasteiger partial charge in [-0.2, -0.15) is 0 Å². The van der Waals surface area contributed by atoms with Crippen LogP contribution in [0.1, 0.15) is 50.1 Å². The largest absolute Gasteiger partial charge is 0.392 e. The molecule has 2 heterocycles. The lowest BCUT2D eigenvalue weighted by Gasteiger charge is -2.53. The summed E-state index contributed by atoms with van der Waals surface area (Å²) < 4.78 is 5.40. The van der Waals surface area contributed by atoms with Gasteiger partial charge in [0.2, 0.25) is 5.91 Å². The second-order valence-electron chi connectivity index (χ2n) is 11.1. The van der Waals surface area contributed by atoms with E-state index in [1.165, 1.54) is 4.88 Å². The number of nitrogens with zero attached hydrogens (tertiary/aromatic N) is 2. The zero-order valence-electron chi connectivity index (χ0n) is 21.2. The van der Waals surface area contributed by atoms with Crippen LogP contribution >= 0.6 is 11.3 Å².